The first-order valence-corrected chi connectivity index (χ1v) is 7.88. The molecule has 1 aliphatic rings. The van der Waals surface area contributed by atoms with Gasteiger partial charge in [0.15, 0.2) is 0 Å². The number of aromatic nitrogens is 2. The molecule has 1 fully saturated rings. The summed E-state index contributed by atoms with van der Waals surface area (Å²) in [5.41, 5.74) is 6.22. The number of amidine groups is 1. The first kappa shape index (κ1) is 13.7. The zero-order chi connectivity index (χ0) is 13.9. The standard InChI is InChI=1S/C11H17N5O2S/c12-9(8-2-5-19(17,18)6-3-8)7-10(13)15-11-1-4-14-16-11/h1,4,8,12H,2-3,5-7H2,(H3,13,14,15,16). The maximum Gasteiger partial charge on any atom is 0.150 e. The first-order chi connectivity index (χ1) is 8.96. The van der Waals surface area contributed by atoms with Crippen molar-refractivity contribution in [3.05, 3.63) is 12.3 Å². The van der Waals surface area contributed by atoms with Crippen LogP contribution in [-0.2, 0) is 9.84 Å². The van der Waals surface area contributed by atoms with E-state index in [9.17, 15) is 8.42 Å². The van der Waals surface area contributed by atoms with Crippen molar-refractivity contribution in [1.82, 2.24) is 10.2 Å². The van der Waals surface area contributed by atoms with Gasteiger partial charge in [-0.1, -0.05) is 0 Å². The summed E-state index contributed by atoms with van der Waals surface area (Å²) in [6.07, 6.45) is 2.87. The van der Waals surface area contributed by atoms with Gasteiger partial charge in [0.1, 0.15) is 21.5 Å². The molecule has 0 atom stereocenters. The molecule has 0 saturated carbocycles. The fourth-order valence-electron chi connectivity index (χ4n) is 2.08. The van der Waals surface area contributed by atoms with Gasteiger partial charge in [-0.25, -0.2) is 13.4 Å². The summed E-state index contributed by atoms with van der Waals surface area (Å²) in [4.78, 5) is 4.10. The van der Waals surface area contributed by atoms with Crippen LogP contribution >= 0.6 is 0 Å². The molecule has 1 aromatic heterocycles. The van der Waals surface area contributed by atoms with Gasteiger partial charge >= 0.3 is 0 Å². The number of hydrogen-bond donors (Lipinski definition) is 3. The van der Waals surface area contributed by atoms with Crippen molar-refractivity contribution in [3.63, 3.8) is 0 Å². The van der Waals surface area contributed by atoms with Gasteiger partial charge in [-0.2, -0.15) is 5.10 Å². The summed E-state index contributed by atoms with van der Waals surface area (Å²) in [6, 6.07) is 1.68. The van der Waals surface area contributed by atoms with Crippen molar-refractivity contribution in [2.75, 3.05) is 11.5 Å². The van der Waals surface area contributed by atoms with E-state index >= 15 is 0 Å². The van der Waals surface area contributed by atoms with Crippen LogP contribution < -0.4 is 5.73 Å². The minimum Gasteiger partial charge on any atom is -0.387 e. The summed E-state index contributed by atoms with van der Waals surface area (Å²) >= 11 is 0. The molecule has 104 valence electrons. The number of hydrogen-bond acceptors (Lipinski definition) is 5. The Morgan fingerprint density at radius 2 is 2.21 bits per heavy atom. The number of rotatable bonds is 4. The Bertz CT molecular complexity index is 562. The Labute approximate surface area is 111 Å². The van der Waals surface area contributed by atoms with Crippen LogP contribution in [0.5, 0.6) is 0 Å². The smallest absolute Gasteiger partial charge is 0.150 e. The van der Waals surface area contributed by atoms with Crippen LogP contribution in [0.2, 0.25) is 0 Å². The third-order valence-electron chi connectivity index (χ3n) is 3.17. The predicted octanol–water partition coefficient (Wildman–Crippen LogP) is 0.633. The average Bonchev–Trinajstić information content (AvgIpc) is 2.81. The second-order valence-electron chi connectivity index (χ2n) is 4.67. The topological polar surface area (TPSA) is 125 Å². The number of nitrogens with zero attached hydrogens (tertiary/aromatic N) is 2. The summed E-state index contributed by atoms with van der Waals surface area (Å²) in [5, 5.41) is 14.4. The molecule has 1 aliphatic heterocycles. The molecule has 0 amide bonds. The highest BCUT2D eigenvalue weighted by molar-refractivity contribution is 7.91. The summed E-state index contributed by atoms with van der Waals surface area (Å²) < 4.78 is 22.6. The molecule has 2 rings (SSSR count). The molecule has 0 aliphatic carbocycles. The van der Waals surface area contributed by atoms with Crippen LogP contribution in [-0.4, -0.2) is 41.7 Å². The van der Waals surface area contributed by atoms with Crippen LogP contribution in [0.25, 0.3) is 0 Å². The van der Waals surface area contributed by atoms with Gasteiger partial charge in [-0.3, -0.25) is 5.10 Å². The van der Waals surface area contributed by atoms with Gasteiger partial charge in [0, 0.05) is 18.2 Å². The molecule has 0 unspecified atom stereocenters. The second-order valence-corrected chi connectivity index (χ2v) is 6.98. The van der Waals surface area contributed by atoms with E-state index in [2.05, 4.69) is 15.2 Å². The van der Waals surface area contributed by atoms with Crippen LogP contribution in [0.1, 0.15) is 19.3 Å². The molecule has 0 spiro atoms. The van der Waals surface area contributed by atoms with Crippen LogP contribution in [0.3, 0.4) is 0 Å². The molecule has 0 bridgehead atoms. The summed E-state index contributed by atoms with van der Waals surface area (Å²) in [6.45, 7) is 0. The van der Waals surface area contributed by atoms with E-state index in [0.717, 1.165) is 0 Å². The van der Waals surface area contributed by atoms with E-state index in [4.69, 9.17) is 11.1 Å². The fourth-order valence-corrected chi connectivity index (χ4v) is 3.57. The molecule has 1 aromatic rings. The Kier molecular flexibility index (Phi) is 3.98. The van der Waals surface area contributed by atoms with E-state index in [0.29, 0.717) is 30.2 Å². The van der Waals surface area contributed by atoms with Gasteiger partial charge in [-0.15, -0.1) is 0 Å². The van der Waals surface area contributed by atoms with Crippen LogP contribution in [0, 0.1) is 11.3 Å². The second kappa shape index (κ2) is 5.52. The van der Waals surface area contributed by atoms with Crippen molar-refractivity contribution >= 4 is 27.2 Å². The lowest BCUT2D eigenvalue weighted by molar-refractivity contribution is 0.546. The van der Waals surface area contributed by atoms with Crippen LogP contribution in [0.15, 0.2) is 17.3 Å². The van der Waals surface area contributed by atoms with Gasteiger partial charge in [0.25, 0.3) is 0 Å². The molecule has 2 heterocycles. The zero-order valence-electron chi connectivity index (χ0n) is 10.5. The van der Waals surface area contributed by atoms with E-state index in [1.165, 1.54) is 0 Å². The summed E-state index contributed by atoms with van der Waals surface area (Å²) in [5.74, 6) is 1.22. The van der Waals surface area contributed by atoms with Crippen molar-refractivity contribution in [1.29, 1.82) is 5.41 Å². The molecule has 1 saturated heterocycles. The maximum atomic E-state index is 11.3. The van der Waals surface area contributed by atoms with E-state index in [1.54, 1.807) is 12.3 Å². The number of H-pyrrole nitrogens is 1. The molecule has 0 radical (unpaired) electrons. The Morgan fingerprint density at radius 3 is 2.79 bits per heavy atom. The van der Waals surface area contributed by atoms with Crippen LogP contribution in [0.4, 0.5) is 5.82 Å². The number of sulfone groups is 1. The molecular formula is C11H17N5O2S. The molecule has 7 nitrogen and oxygen atoms in total. The predicted molar refractivity (Wildman–Crippen MR) is 73.6 cm³/mol. The lowest BCUT2D eigenvalue weighted by Crippen LogP contribution is -2.30. The van der Waals surface area contributed by atoms with Gasteiger partial charge < -0.3 is 11.1 Å². The zero-order valence-corrected chi connectivity index (χ0v) is 11.3. The number of aromatic amines is 1. The number of nitrogens with one attached hydrogen (secondary N) is 2. The Morgan fingerprint density at radius 1 is 1.53 bits per heavy atom. The van der Waals surface area contributed by atoms with E-state index < -0.39 is 9.84 Å². The minimum atomic E-state index is -2.89. The normalized spacial score (nSPS) is 20.3. The van der Waals surface area contributed by atoms with Crippen molar-refractivity contribution < 1.29 is 8.42 Å². The number of aliphatic imine (C=N–C) groups is 1. The van der Waals surface area contributed by atoms with Gasteiger partial charge in [-0.05, 0) is 18.8 Å². The molecule has 8 heteroatoms. The van der Waals surface area contributed by atoms with E-state index in [-0.39, 0.29) is 23.8 Å². The summed E-state index contributed by atoms with van der Waals surface area (Å²) in [7, 11) is -2.89. The monoisotopic (exact) mass is 283 g/mol. The van der Waals surface area contributed by atoms with Crippen molar-refractivity contribution in [2.24, 2.45) is 16.6 Å². The maximum absolute atomic E-state index is 11.3. The Balaban J connectivity index is 1.91. The van der Waals surface area contributed by atoms with E-state index in [1.807, 2.05) is 0 Å². The largest absolute Gasteiger partial charge is 0.387 e. The van der Waals surface area contributed by atoms with Gasteiger partial charge in [0.05, 0.1) is 17.7 Å². The third kappa shape index (κ3) is 3.88. The van der Waals surface area contributed by atoms with Crippen molar-refractivity contribution in [3.8, 4) is 0 Å². The SMILES string of the molecule is N=C(CC(N)=Nc1ccn[nH]1)C1CCS(=O)(=O)CC1. The highest BCUT2D eigenvalue weighted by Crippen LogP contribution is 2.21. The molecule has 4 N–H and O–H groups in total. The highest BCUT2D eigenvalue weighted by atomic mass is 32.2. The lowest BCUT2D eigenvalue weighted by Gasteiger charge is -2.22. The Hall–Kier alpha value is -1.70. The molecular weight excluding hydrogens is 266 g/mol. The first-order valence-electron chi connectivity index (χ1n) is 6.06. The van der Waals surface area contributed by atoms with Gasteiger partial charge in [0.2, 0.25) is 0 Å². The average molecular weight is 283 g/mol. The number of nitrogens with two attached hydrogens (primary N) is 1. The quantitative estimate of drug-likeness (QED) is 0.553. The molecule has 19 heavy (non-hydrogen) atoms. The highest BCUT2D eigenvalue weighted by Gasteiger charge is 2.26. The minimum absolute atomic E-state index is 0.000887. The third-order valence-corrected chi connectivity index (χ3v) is 4.88. The lowest BCUT2D eigenvalue weighted by atomic mass is 9.94. The molecule has 0 aromatic carbocycles. The van der Waals surface area contributed by atoms with Crippen molar-refractivity contribution in [2.45, 2.75) is 19.3 Å². The fraction of sp³-hybridized carbons (Fsp3) is 0.545.